The molecule has 1 aliphatic rings. The number of rotatable bonds is 2. The van der Waals surface area contributed by atoms with E-state index in [1.54, 1.807) is 13.8 Å². The van der Waals surface area contributed by atoms with Crippen LogP contribution in [-0.4, -0.2) is 35.4 Å². The summed E-state index contributed by atoms with van der Waals surface area (Å²) in [5, 5.41) is 8.96. The summed E-state index contributed by atoms with van der Waals surface area (Å²) in [5.41, 5.74) is -1.50. The van der Waals surface area contributed by atoms with E-state index in [0.717, 1.165) is 0 Å². The number of ether oxygens (including phenoxy) is 2. The Kier molecular flexibility index (Phi) is 2.67. The molecule has 0 aromatic heterocycles. The largest absolute Gasteiger partial charge is 0.394 e. The average Bonchev–Trinajstić information content (AvgIpc) is 2.24. The van der Waals surface area contributed by atoms with Gasteiger partial charge in [-0.15, -0.1) is 0 Å². The molecule has 0 amide bonds. The smallest absolute Gasteiger partial charge is 0.164 e. The van der Waals surface area contributed by atoms with E-state index in [-0.39, 0.29) is 6.61 Å². The van der Waals surface area contributed by atoms with Crippen molar-refractivity contribution in [1.29, 1.82) is 0 Å². The Hall–Kier alpha value is -0.190. The molecular weight excluding hydrogens is 175 g/mol. The van der Waals surface area contributed by atoms with Crippen LogP contribution in [0.25, 0.3) is 0 Å². The quantitative estimate of drug-likeness (QED) is 0.715. The van der Waals surface area contributed by atoms with Crippen LogP contribution in [0.15, 0.2) is 0 Å². The predicted molar refractivity (Wildman–Crippen MR) is 46.1 cm³/mol. The van der Waals surface area contributed by atoms with Gasteiger partial charge in [-0.1, -0.05) is 0 Å². The lowest BCUT2D eigenvalue weighted by atomic mass is 9.99. The fourth-order valence-electron chi connectivity index (χ4n) is 1.55. The van der Waals surface area contributed by atoms with Crippen molar-refractivity contribution in [3.05, 3.63) is 0 Å². The van der Waals surface area contributed by atoms with Gasteiger partial charge in [-0.2, -0.15) is 0 Å². The highest BCUT2D eigenvalue weighted by Gasteiger charge is 2.48. The normalized spacial score (nSPS) is 33.7. The summed E-state index contributed by atoms with van der Waals surface area (Å²) in [7, 11) is 0. The van der Waals surface area contributed by atoms with Crippen molar-refractivity contribution >= 4 is 0 Å². The Morgan fingerprint density at radius 1 is 1.38 bits per heavy atom. The third-order valence-corrected chi connectivity index (χ3v) is 2.04. The van der Waals surface area contributed by atoms with Gasteiger partial charge < -0.3 is 14.6 Å². The van der Waals surface area contributed by atoms with E-state index in [0.29, 0.717) is 0 Å². The molecule has 1 fully saturated rings. The molecule has 0 aliphatic carbocycles. The zero-order chi connectivity index (χ0) is 10.3. The third-order valence-electron chi connectivity index (χ3n) is 2.04. The molecule has 2 atom stereocenters. The first-order valence-corrected chi connectivity index (χ1v) is 4.42. The summed E-state index contributed by atoms with van der Waals surface area (Å²) in [4.78, 5) is 0. The van der Waals surface area contributed by atoms with Crippen molar-refractivity contribution in [1.82, 2.24) is 0 Å². The first kappa shape index (κ1) is 10.9. The van der Waals surface area contributed by atoms with Gasteiger partial charge in [-0.25, -0.2) is 4.39 Å². The molecule has 1 rings (SSSR count). The molecular formula is C9H17FO3. The number of hydrogen-bond donors (Lipinski definition) is 1. The predicted octanol–water partition coefficient (Wildman–Crippen LogP) is 1.25. The molecule has 0 bridgehead atoms. The Bertz CT molecular complexity index is 186. The van der Waals surface area contributed by atoms with E-state index < -0.39 is 23.7 Å². The highest BCUT2D eigenvalue weighted by Crippen LogP contribution is 2.35. The molecule has 1 saturated heterocycles. The zero-order valence-corrected chi connectivity index (χ0v) is 8.50. The van der Waals surface area contributed by atoms with Crippen molar-refractivity contribution in [3.63, 3.8) is 0 Å². The maximum atomic E-state index is 13.6. The highest BCUT2D eigenvalue weighted by molar-refractivity contribution is 4.91. The fourth-order valence-corrected chi connectivity index (χ4v) is 1.55. The molecule has 1 N–H and O–H groups in total. The van der Waals surface area contributed by atoms with Gasteiger partial charge >= 0.3 is 0 Å². The van der Waals surface area contributed by atoms with Gasteiger partial charge in [-0.05, 0) is 27.7 Å². The minimum Gasteiger partial charge on any atom is -0.394 e. The Morgan fingerprint density at radius 2 is 1.92 bits per heavy atom. The molecule has 0 spiro atoms. The van der Waals surface area contributed by atoms with Gasteiger partial charge in [0.2, 0.25) is 0 Å². The second kappa shape index (κ2) is 3.19. The van der Waals surface area contributed by atoms with Gasteiger partial charge in [0.05, 0.1) is 6.61 Å². The van der Waals surface area contributed by atoms with E-state index in [9.17, 15) is 4.39 Å². The van der Waals surface area contributed by atoms with Gasteiger partial charge in [-0.3, -0.25) is 0 Å². The van der Waals surface area contributed by atoms with Crippen LogP contribution in [0.5, 0.6) is 0 Å². The topological polar surface area (TPSA) is 38.7 Å². The van der Waals surface area contributed by atoms with Crippen molar-refractivity contribution < 1.29 is 19.0 Å². The lowest BCUT2D eigenvalue weighted by molar-refractivity contribution is -0.158. The van der Waals surface area contributed by atoms with Crippen LogP contribution in [0.2, 0.25) is 0 Å². The highest BCUT2D eigenvalue weighted by atomic mass is 19.1. The van der Waals surface area contributed by atoms with Crippen LogP contribution in [0.3, 0.4) is 0 Å². The maximum absolute atomic E-state index is 13.6. The molecule has 78 valence electrons. The van der Waals surface area contributed by atoms with Crippen LogP contribution < -0.4 is 0 Å². The molecule has 3 nitrogen and oxygen atoms in total. The van der Waals surface area contributed by atoms with Gasteiger partial charge in [0.25, 0.3) is 0 Å². The van der Waals surface area contributed by atoms with Crippen molar-refractivity contribution in [2.75, 3.05) is 6.61 Å². The van der Waals surface area contributed by atoms with Crippen LogP contribution >= 0.6 is 0 Å². The Morgan fingerprint density at radius 3 is 2.23 bits per heavy atom. The first-order valence-electron chi connectivity index (χ1n) is 4.42. The summed E-state index contributed by atoms with van der Waals surface area (Å²) < 4.78 is 24.2. The molecule has 13 heavy (non-hydrogen) atoms. The lowest BCUT2D eigenvalue weighted by Crippen LogP contribution is -2.41. The zero-order valence-electron chi connectivity index (χ0n) is 8.50. The molecule has 4 heteroatoms. The standard InChI is InChI=1S/C9H17FO3/c1-8(2,10)7-6(5-11)12-9(3,4)13-7/h6-7,11H,5H2,1-4H3/t6-,7-/m1/s1. The average molecular weight is 192 g/mol. The fraction of sp³-hybridized carbons (Fsp3) is 1.00. The van der Waals surface area contributed by atoms with Gasteiger partial charge in [0.15, 0.2) is 5.79 Å². The van der Waals surface area contributed by atoms with Crippen LogP contribution in [0, 0.1) is 0 Å². The van der Waals surface area contributed by atoms with E-state index in [2.05, 4.69) is 0 Å². The maximum Gasteiger partial charge on any atom is 0.164 e. The summed E-state index contributed by atoms with van der Waals surface area (Å²) in [6.07, 6.45) is -1.28. The summed E-state index contributed by atoms with van der Waals surface area (Å²) in [6.45, 7) is 6.04. The van der Waals surface area contributed by atoms with Crippen molar-refractivity contribution in [3.8, 4) is 0 Å². The number of aliphatic hydroxyl groups excluding tert-OH is 1. The molecule has 1 aliphatic heterocycles. The van der Waals surface area contributed by atoms with Crippen LogP contribution in [0.4, 0.5) is 4.39 Å². The second-order valence-corrected chi connectivity index (χ2v) is 4.34. The third kappa shape index (κ3) is 2.39. The summed E-state index contributed by atoms with van der Waals surface area (Å²) in [6, 6.07) is 0. The minimum atomic E-state index is -1.50. The van der Waals surface area contributed by atoms with Gasteiger partial charge in [0.1, 0.15) is 17.9 Å². The van der Waals surface area contributed by atoms with Crippen molar-refractivity contribution in [2.24, 2.45) is 0 Å². The Balaban J connectivity index is 2.75. The number of hydrogen-bond acceptors (Lipinski definition) is 3. The molecule has 0 radical (unpaired) electrons. The van der Waals surface area contributed by atoms with Crippen molar-refractivity contribution in [2.45, 2.75) is 51.4 Å². The molecule has 1 heterocycles. The summed E-state index contributed by atoms with van der Waals surface area (Å²) >= 11 is 0. The Labute approximate surface area is 77.8 Å². The minimum absolute atomic E-state index is 0.221. The molecule has 0 aromatic carbocycles. The van der Waals surface area contributed by atoms with Crippen LogP contribution in [-0.2, 0) is 9.47 Å². The van der Waals surface area contributed by atoms with Crippen LogP contribution in [0.1, 0.15) is 27.7 Å². The molecule has 0 saturated carbocycles. The van der Waals surface area contributed by atoms with E-state index >= 15 is 0 Å². The summed E-state index contributed by atoms with van der Waals surface area (Å²) in [5.74, 6) is -0.804. The monoisotopic (exact) mass is 192 g/mol. The second-order valence-electron chi connectivity index (χ2n) is 4.34. The SMILES string of the molecule is CC1(C)O[C@@H](C(C)(C)F)[C@@H](CO)O1. The molecule has 0 aromatic rings. The van der Waals surface area contributed by atoms with E-state index in [4.69, 9.17) is 14.6 Å². The number of halogens is 1. The van der Waals surface area contributed by atoms with Gasteiger partial charge in [0, 0.05) is 0 Å². The number of aliphatic hydroxyl groups is 1. The first-order chi connectivity index (χ1) is 5.76. The van der Waals surface area contributed by atoms with E-state index in [1.807, 2.05) is 0 Å². The molecule has 0 unspecified atom stereocenters. The number of alkyl halides is 1. The lowest BCUT2D eigenvalue weighted by Gasteiger charge is -2.25. The van der Waals surface area contributed by atoms with E-state index in [1.165, 1.54) is 13.8 Å².